The van der Waals surface area contributed by atoms with E-state index in [2.05, 4.69) is 23.3 Å². The van der Waals surface area contributed by atoms with Crippen molar-refractivity contribution in [3.8, 4) is 0 Å². The van der Waals surface area contributed by atoms with Gasteiger partial charge in [0.15, 0.2) is 0 Å². The highest BCUT2D eigenvalue weighted by molar-refractivity contribution is 6.93. The number of isocyanates is 5. The third-order valence-electron chi connectivity index (χ3n) is 3.14. The SMILES string of the molecule is C[Si]1(N=C=O)O[Si](C)(N=C=O)O[Si](C)(N=C=O)O[Si](C)(N=C=O)O[Si](C)(N=C=O)O1. The predicted octanol–water partition coefficient (Wildman–Crippen LogP) is -0.395. The second-order valence-corrected chi connectivity index (χ2v) is 20.2. The van der Waals surface area contributed by atoms with E-state index >= 15 is 0 Å². The first-order valence-electron chi connectivity index (χ1n) is 7.80. The molecule has 30 heavy (non-hydrogen) atoms. The molecular formula is C10H15N5O10Si5. The van der Waals surface area contributed by atoms with Gasteiger partial charge in [0.25, 0.3) is 0 Å². The maximum absolute atomic E-state index is 11.0. The van der Waals surface area contributed by atoms with Crippen LogP contribution >= 0.6 is 0 Å². The molecule has 0 atom stereocenters. The van der Waals surface area contributed by atoms with Gasteiger partial charge < -0.3 is 20.6 Å². The second-order valence-electron chi connectivity index (χ2n) is 6.01. The van der Waals surface area contributed by atoms with Crippen LogP contribution in [-0.2, 0) is 44.5 Å². The summed E-state index contributed by atoms with van der Waals surface area (Å²) in [5.74, 6) is 0. The molecule has 1 heterocycles. The fraction of sp³-hybridized carbons (Fsp3) is 0.500. The first-order valence-corrected chi connectivity index (χ1v) is 19.1. The van der Waals surface area contributed by atoms with Crippen molar-refractivity contribution in [1.82, 2.24) is 0 Å². The molecule has 0 amide bonds. The van der Waals surface area contributed by atoms with E-state index in [1.54, 1.807) is 0 Å². The van der Waals surface area contributed by atoms with E-state index in [9.17, 15) is 24.0 Å². The fourth-order valence-corrected chi connectivity index (χ4v) is 21.9. The monoisotopic (exact) mass is 505 g/mol. The van der Waals surface area contributed by atoms with Crippen molar-refractivity contribution >= 4 is 74.0 Å². The Morgan fingerprint density at radius 2 is 0.533 bits per heavy atom. The quantitative estimate of drug-likeness (QED) is 0.269. The van der Waals surface area contributed by atoms with Gasteiger partial charge in [-0.25, -0.2) is 24.0 Å². The Morgan fingerprint density at radius 1 is 0.400 bits per heavy atom. The highest BCUT2D eigenvalue weighted by Gasteiger charge is 2.61. The molecule has 0 aromatic rings. The van der Waals surface area contributed by atoms with E-state index in [0.29, 0.717) is 0 Å². The average molecular weight is 506 g/mol. The van der Waals surface area contributed by atoms with Gasteiger partial charge in [0, 0.05) is 32.7 Å². The molecule has 0 bridgehead atoms. The first-order chi connectivity index (χ1) is 13.8. The van der Waals surface area contributed by atoms with Gasteiger partial charge in [0.05, 0.1) is 0 Å². The molecule has 160 valence electrons. The van der Waals surface area contributed by atoms with E-state index in [-0.39, 0.29) is 0 Å². The van der Waals surface area contributed by atoms with E-state index in [4.69, 9.17) is 20.6 Å². The van der Waals surface area contributed by atoms with Gasteiger partial charge >= 0.3 is 43.6 Å². The molecule has 1 saturated heterocycles. The molecule has 1 aliphatic rings. The van der Waals surface area contributed by atoms with Crippen LogP contribution in [0.1, 0.15) is 0 Å². The number of carbonyl (C=O) groups excluding carboxylic acids is 5. The Kier molecular flexibility index (Phi) is 8.37. The van der Waals surface area contributed by atoms with E-state index in [0.717, 1.165) is 0 Å². The Bertz CT molecular complexity index is 748. The van der Waals surface area contributed by atoms with Crippen LogP contribution in [0.25, 0.3) is 0 Å². The molecular weight excluding hydrogens is 491 g/mol. The molecule has 0 saturated carbocycles. The lowest BCUT2D eigenvalue weighted by atomic mass is 11.7. The first kappa shape index (κ1) is 25.8. The van der Waals surface area contributed by atoms with Gasteiger partial charge in [0.2, 0.25) is 30.4 Å². The van der Waals surface area contributed by atoms with Gasteiger partial charge in [-0.05, 0) is 0 Å². The van der Waals surface area contributed by atoms with Crippen molar-refractivity contribution < 1.29 is 44.5 Å². The second kappa shape index (κ2) is 9.73. The zero-order valence-electron chi connectivity index (χ0n) is 16.3. The van der Waals surface area contributed by atoms with E-state index < -0.39 is 43.6 Å². The van der Waals surface area contributed by atoms with Crippen molar-refractivity contribution in [3.05, 3.63) is 0 Å². The third kappa shape index (κ3) is 6.94. The molecule has 0 aromatic carbocycles. The van der Waals surface area contributed by atoms with Crippen LogP contribution in [0, 0.1) is 0 Å². The number of nitrogens with zero attached hydrogens (tertiary/aromatic N) is 5. The Morgan fingerprint density at radius 3 is 0.633 bits per heavy atom. The number of hydrogen-bond donors (Lipinski definition) is 0. The summed E-state index contributed by atoms with van der Waals surface area (Å²) < 4.78 is 46.2. The maximum atomic E-state index is 11.0. The molecule has 1 aliphatic heterocycles. The number of rotatable bonds is 5. The van der Waals surface area contributed by atoms with Crippen LogP contribution in [0.5, 0.6) is 0 Å². The summed E-state index contributed by atoms with van der Waals surface area (Å²) in [5, 5.41) is 0. The van der Waals surface area contributed by atoms with Gasteiger partial charge in [0.1, 0.15) is 0 Å². The lowest BCUT2D eigenvalue weighted by Crippen LogP contribution is -2.66. The molecule has 0 radical (unpaired) electrons. The van der Waals surface area contributed by atoms with Crippen LogP contribution in [0.15, 0.2) is 23.3 Å². The average Bonchev–Trinajstić information content (AvgIpc) is 2.52. The summed E-state index contributed by atoms with van der Waals surface area (Å²) in [4.78, 5) is 55.0. The summed E-state index contributed by atoms with van der Waals surface area (Å²) >= 11 is 0. The Balaban J connectivity index is 3.89. The molecule has 15 nitrogen and oxygen atoms in total. The minimum absolute atomic E-state index is 1.24. The van der Waals surface area contributed by atoms with E-state index in [1.165, 1.54) is 63.1 Å². The van der Waals surface area contributed by atoms with Crippen molar-refractivity contribution in [1.29, 1.82) is 0 Å². The van der Waals surface area contributed by atoms with Crippen LogP contribution < -0.4 is 0 Å². The molecule has 0 N–H and O–H groups in total. The van der Waals surface area contributed by atoms with Crippen molar-refractivity contribution in [2.45, 2.75) is 32.7 Å². The Labute approximate surface area is 174 Å². The highest BCUT2D eigenvalue weighted by atomic mass is 28.5. The number of hydrogen-bond acceptors (Lipinski definition) is 15. The molecule has 0 spiro atoms. The third-order valence-corrected chi connectivity index (χ3v) is 20.8. The summed E-state index contributed by atoms with van der Waals surface area (Å²) in [6.45, 7) is 6.22. The molecule has 0 unspecified atom stereocenters. The normalized spacial score (nSPS) is 38.8. The smallest absolute Gasteiger partial charge is 0.380 e. The van der Waals surface area contributed by atoms with Crippen molar-refractivity contribution in [2.24, 2.45) is 23.3 Å². The molecule has 1 rings (SSSR count). The van der Waals surface area contributed by atoms with Crippen LogP contribution in [0.3, 0.4) is 0 Å². The fourth-order valence-electron chi connectivity index (χ4n) is 2.50. The predicted molar refractivity (Wildman–Crippen MR) is 104 cm³/mol. The molecule has 1 fully saturated rings. The minimum Gasteiger partial charge on any atom is -0.380 e. The van der Waals surface area contributed by atoms with Crippen molar-refractivity contribution in [3.63, 3.8) is 0 Å². The van der Waals surface area contributed by atoms with Crippen LogP contribution in [0.2, 0.25) is 32.7 Å². The summed E-state index contributed by atoms with van der Waals surface area (Å²) in [6.07, 6.45) is 6.37. The maximum Gasteiger partial charge on any atom is 0.470 e. The molecule has 0 aliphatic carbocycles. The minimum atomic E-state index is -4.05. The highest BCUT2D eigenvalue weighted by Crippen LogP contribution is 2.32. The topological polar surface area (TPSA) is 193 Å². The van der Waals surface area contributed by atoms with E-state index in [1.807, 2.05) is 0 Å². The molecule has 20 heteroatoms. The summed E-state index contributed by atoms with van der Waals surface area (Å²) in [6, 6.07) is 0. The molecule has 0 aromatic heterocycles. The van der Waals surface area contributed by atoms with Gasteiger partial charge in [-0.2, -0.15) is 23.3 Å². The lowest BCUT2D eigenvalue weighted by Gasteiger charge is -2.41. The van der Waals surface area contributed by atoms with Gasteiger partial charge in [-0.1, -0.05) is 0 Å². The van der Waals surface area contributed by atoms with Gasteiger partial charge in [-0.15, -0.1) is 0 Å². The van der Waals surface area contributed by atoms with Crippen LogP contribution in [-0.4, -0.2) is 74.0 Å². The zero-order chi connectivity index (χ0) is 23.1. The standard InChI is InChI=1S/C10H15N5O10Si5/c1-26(11-6-16)21-27(2,12-7-17)23-29(4,14-9-19)25-30(5,15-10-20)24-28(3,22-26)13-8-18/h1-5H3. The van der Waals surface area contributed by atoms with Crippen molar-refractivity contribution in [2.75, 3.05) is 0 Å². The van der Waals surface area contributed by atoms with Gasteiger partial charge in [-0.3, -0.25) is 0 Å². The zero-order valence-corrected chi connectivity index (χ0v) is 21.3. The lowest BCUT2D eigenvalue weighted by molar-refractivity contribution is 0.228. The van der Waals surface area contributed by atoms with Crippen LogP contribution in [0.4, 0.5) is 0 Å². The summed E-state index contributed by atoms with van der Waals surface area (Å²) in [5.41, 5.74) is 0. The Hall–Kier alpha value is -2.22. The largest absolute Gasteiger partial charge is 0.470 e. The summed E-state index contributed by atoms with van der Waals surface area (Å²) in [7, 11) is -20.3.